The van der Waals surface area contributed by atoms with Crippen LogP contribution in [0.25, 0.3) is 10.8 Å². The van der Waals surface area contributed by atoms with Crippen LogP contribution in [0.4, 0.5) is 0 Å². The van der Waals surface area contributed by atoms with Gasteiger partial charge in [-0.05, 0) is 55.0 Å². The molecule has 1 aliphatic heterocycles. The average molecular weight is 412 g/mol. The Morgan fingerprint density at radius 1 is 1.23 bits per heavy atom. The van der Waals surface area contributed by atoms with Crippen LogP contribution in [0.5, 0.6) is 0 Å². The summed E-state index contributed by atoms with van der Waals surface area (Å²) in [5.41, 5.74) is 6.76. The minimum Gasteiger partial charge on any atom is -0.464 e. The van der Waals surface area contributed by atoms with E-state index in [9.17, 15) is 14.4 Å². The highest BCUT2D eigenvalue weighted by molar-refractivity contribution is 5.90. The Morgan fingerprint density at radius 3 is 2.70 bits per heavy atom. The van der Waals surface area contributed by atoms with Gasteiger partial charge in [0.1, 0.15) is 12.1 Å². The van der Waals surface area contributed by atoms with Gasteiger partial charge in [-0.3, -0.25) is 9.59 Å². The third kappa shape index (κ3) is 4.79. The normalized spacial score (nSPS) is 24.4. The largest absolute Gasteiger partial charge is 0.464 e. The van der Waals surface area contributed by atoms with Gasteiger partial charge in [-0.1, -0.05) is 42.5 Å². The van der Waals surface area contributed by atoms with E-state index >= 15 is 0 Å². The number of carbonyl (C=O) groups is 3. The fourth-order valence-electron chi connectivity index (χ4n) is 4.34. The van der Waals surface area contributed by atoms with E-state index in [1.807, 2.05) is 36.4 Å². The monoisotopic (exact) mass is 411 g/mol. The van der Waals surface area contributed by atoms with Crippen molar-refractivity contribution >= 4 is 29.1 Å². The smallest absolute Gasteiger partial charge is 0.328 e. The number of hydrogen-bond acceptors (Lipinski definition) is 5. The van der Waals surface area contributed by atoms with E-state index in [2.05, 4.69) is 16.7 Å². The summed E-state index contributed by atoms with van der Waals surface area (Å²) in [5.74, 6) is -1.19. The van der Waals surface area contributed by atoms with Crippen LogP contribution in [0.3, 0.4) is 0 Å². The Morgan fingerprint density at radius 2 is 2.00 bits per heavy atom. The van der Waals surface area contributed by atoms with Crippen LogP contribution in [0.15, 0.2) is 42.5 Å². The lowest BCUT2D eigenvalue weighted by Crippen LogP contribution is -2.56. The molecule has 3 rings (SSSR count). The molecule has 4 N–H and O–H groups in total. The second-order valence-corrected chi connectivity index (χ2v) is 7.63. The number of fused-ring (bicyclic) bond motifs is 1. The van der Waals surface area contributed by atoms with Crippen molar-refractivity contribution in [2.45, 2.75) is 44.2 Å². The molecule has 1 aliphatic rings. The summed E-state index contributed by atoms with van der Waals surface area (Å²) < 4.78 is 5.17. The number of esters is 1. The molecule has 30 heavy (non-hydrogen) atoms. The molecule has 0 bridgehead atoms. The zero-order valence-corrected chi connectivity index (χ0v) is 17.2. The number of nitrogens with one attached hydrogen (secondary N) is 2. The van der Waals surface area contributed by atoms with Gasteiger partial charge in [-0.25, -0.2) is 4.79 Å². The Kier molecular flexibility index (Phi) is 7.41. The lowest BCUT2D eigenvalue weighted by atomic mass is 9.79. The number of hydrogen-bond donors (Lipinski definition) is 3. The van der Waals surface area contributed by atoms with E-state index in [4.69, 9.17) is 10.5 Å². The molecule has 1 saturated heterocycles. The fourth-order valence-corrected chi connectivity index (χ4v) is 4.34. The molecule has 0 radical (unpaired) electrons. The van der Waals surface area contributed by atoms with Crippen LogP contribution in [-0.2, 0) is 19.1 Å². The Bertz CT molecular complexity index is 901. The maximum absolute atomic E-state index is 13.1. The zero-order valence-electron chi connectivity index (χ0n) is 17.2. The van der Waals surface area contributed by atoms with Crippen LogP contribution in [0.2, 0.25) is 0 Å². The third-order valence-corrected chi connectivity index (χ3v) is 5.83. The highest BCUT2D eigenvalue weighted by Crippen LogP contribution is 2.33. The van der Waals surface area contributed by atoms with Gasteiger partial charge in [0, 0.05) is 5.92 Å². The Labute approximate surface area is 176 Å². The van der Waals surface area contributed by atoms with Crippen molar-refractivity contribution in [1.29, 1.82) is 0 Å². The molecule has 7 heteroatoms. The summed E-state index contributed by atoms with van der Waals surface area (Å²) >= 11 is 0. The molecule has 7 nitrogen and oxygen atoms in total. The lowest BCUT2D eigenvalue weighted by Gasteiger charge is -2.35. The van der Waals surface area contributed by atoms with Crippen LogP contribution in [0, 0.1) is 5.92 Å². The van der Waals surface area contributed by atoms with Gasteiger partial charge in [0.05, 0.1) is 6.61 Å². The van der Waals surface area contributed by atoms with Crippen molar-refractivity contribution in [2.24, 2.45) is 11.7 Å². The van der Waals surface area contributed by atoms with Crippen molar-refractivity contribution in [3.63, 3.8) is 0 Å². The minimum absolute atomic E-state index is 0.127. The highest BCUT2D eigenvalue weighted by Gasteiger charge is 2.39. The van der Waals surface area contributed by atoms with E-state index in [0.717, 1.165) is 16.3 Å². The molecule has 4 unspecified atom stereocenters. The molecular weight excluding hydrogens is 382 g/mol. The molecule has 160 valence electrons. The first-order valence-corrected chi connectivity index (χ1v) is 10.4. The number of rotatable bonds is 7. The summed E-state index contributed by atoms with van der Waals surface area (Å²) in [7, 11) is 0. The van der Waals surface area contributed by atoms with Gasteiger partial charge in [-0.2, -0.15) is 0 Å². The second kappa shape index (κ2) is 10.2. The summed E-state index contributed by atoms with van der Waals surface area (Å²) in [5, 5.41) is 7.67. The van der Waals surface area contributed by atoms with Crippen LogP contribution in [0.1, 0.15) is 37.7 Å². The molecule has 1 heterocycles. The van der Waals surface area contributed by atoms with E-state index in [-0.39, 0.29) is 24.3 Å². The number of carbonyl (C=O) groups excluding carboxylic acids is 3. The quantitative estimate of drug-likeness (QED) is 0.476. The van der Waals surface area contributed by atoms with E-state index in [1.165, 1.54) is 0 Å². The first-order valence-electron chi connectivity index (χ1n) is 10.4. The summed E-state index contributed by atoms with van der Waals surface area (Å²) in [6, 6.07) is 12.6. The van der Waals surface area contributed by atoms with Crippen molar-refractivity contribution in [2.75, 3.05) is 13.2 Å². The predicted octanol–water partition coefficient (Wildman–Crippen LogP) is 1.84. The fraction of sp³-hybridized carbons (Fsp3) is 0.435. The van der Waals surface area contributed by atoms with Gasteiger partial charge in [-0.15, -0.1) is 0 Å². The molecule has 0 aliphatic carbocycles. The topological polar surface area (TPSA) is 111 Å². The standard InChI is InChI=1S/C23H29N3O4/c1-2-30-23(29)20-16(11-12-24)9-10-19(21(25-14-27)22(28)26-20)18-8-7-15-5-3-4-6-17(15)13-18/h3-8,13-14,16,19-21H,2,9-12,24H2,1H3,(H,25,27)(H,26,28). The molecule has 0 saturated carbocycles. The maximum Gasteiger partial charge on any atom is 0.328 e. The van der Waals surface area contributed by atoms with Gasteiger partial charge in [0.15, 0.2) is 0 Å². The van der Waals surface area contributed by atoms with Crippen molar-refractivity contribution in [3.8, 4) is 0 Å². The molecule has 1 fully saturated rings. The van der Waals surface area contributed by atoms with Crippen molar-refractivity contribution < 1.29 is 19.1 Å². The number of amides is 2. The third-order valence-electron chi connectivity index (χ3n) is 5.83. The van der Waals surface area contributed by atoms with E-state index in [0.29, 0.717) is 32.2 Å². The van der Waals surface area contributed by atoms with Gasteiger partial charge in [0.2, 0.25) is 12.3 Å². The Balaban J connectivity index is 1.95. The number of nitrogens with two attached hydrogens (primary N) is 1. The van der Waals surface area contributed by atoms with Gasteiger partial charge >= 0.3 is 5.97 Å². The summed E-state index contributed by atoms with van der Waals surface area (Å²) in [6.45, 7) is 2.37. The van der Waals surface area contributed by atoms with Crippen LogP contribution < -0.4 is 16.4 Å². The molecule has 2 aromatic carbocycles. The minimum atomic E-state index is -0.778. The SMILES string of the molecule is CCOC(=O)C1NC(=O)C(NC=O)C(c2ccc3ccccc3c2)CCC1CCN. The van der Waals surface area contributed by atoms with Crippen molar-refractivity contribution in [3.05, 3.63) is 48.0 Å². The second-order valence-electron chi connectivity index (χ2n) is 7.63. The zero-order chi connectivity index (χ0) is 21.5. The average Bonchev–Trinajstić information content (AvgIpc) is 2.75. The van der Waals surface area contributed by atoms with Crippen LogP contribution in [-0.4, -0.2) is 43.5 Å². The van der Waals surface area contributed by atoms with E-state index < -0.39 is 18.1 Å². The predicted molar refractivity (Wildman–Crippen MR) is 115 cm³/mol. The van der Waals surface area contributed by atoms with Crippen molar-refractivity contribution in [1.82, 2.24) is 10.6 Å². The molecule has 2 aromatic rings. The summed E-state index contributed by atoms with van der Waals surface area (Å²) in [4.78, 5) is 36.9. The van der Waals surface area contributed by atoms with Gasteiger partial charge < -0.3 is 21.1 Å². The lowest BCUT2D eigenvalue weighted by molar-refractivity contribution is -0.150. The van der Waals surface area contributed by atoms with Crippen LogP contribution >= 0.6 is 0 Å². The number of benzene rings is 2. The highest BCUT2D eigenvalue weighted by atomic mass is 16.5. The number of ether oxygens (including phenoxy) is 1. The summed E-state index contributed by atoms with van der Waals surface area (Å²) in [6.07, 6.45) is 2.45. The maximum atomic E-state index is 13.1. The molecular formula is C23H29N3O4. The van der Waals surface area contributed by atoms with Gasteiger partial charge in [0.25, 0.3) is 0 Å². The molecule has 0 spiro atoms. The molecule has 4 atom stereocenters. The van der Waals surface area contributed by atoms with E-state index in [1.54, 1.807) is 6.92 Å². The first kappa shape index (κ1) is 21.8. The molecule has 0 aromatic heterocycles. The first-order chi connectivity index (χ1) is 14.6. The molecule has 2 amide bonds. The Hall–Kier alpha value is -2.93.